The van der Waals surface area contributed by atoms with Gasteiger partial charge < -0.3 is 0 Å². The third-order valence-electron chi connectivity index (χ3n) is 2.03. The molecule has 0 radical (unpaired) electrons. The summed E-state index contributed by atoms with van der Waals surface area (Å²) < 4.78 is 1.05. The van der Waals surface area contributed by atoms with Crippen LogP contribution < -0.4 is 0 Å². The lowest BCUT2D eigenvalue weighted by Crippen LogP contribution is -2.00. The molecular weight excluding hydrogens is 176 g/mol. The van der Waals surface area contributed by atoms with Crippen LogP contribution in [0, 0.1) is 5.92 Å². The van der Waals surface area contributed by atoms with Crippen LogP contribution in [0.2, 0.25) is 0 Å². The molecule has 3 heteroatoms. The Morgan fingerprint density at radius 2 is 2.55 bits per heavy atom. The molecule has 1 fully saturated rings. The van der Waals surface area contributed by atoms with E-state index in [1.807, 2.05) is 6.26 Å². The summed E-state index contributed by atoms with van der Waals surface area (Å²) in [5, 5.41) is 0. The van der Waals surface area contributed by atoms with Crippen molar-refractivity contribution in [2.24, 2.45) is 5.92 Å². The standard InChI is InChI=1S/C8H12OS2/c1-11-8(10)5-6-2-3-7(9)4-6/h6H,2-5H2,1H3. The number of thioether (sulfide) groups is 1. The molecule has 0 heterocycles. The zero-order chi connectivity index (χ0) is 8.27. The summed E-state index contributed by atoms with van der Waals surface area (Å²) >= 11 is 6.72. The molecule has 0 N–H and O–H groups in total. The maximum Gasteiger partial charge on any atom is 0.133 e. The maximum absolute atomic E-state index is 10.9. The largest absolute Gasteiger partial charge is 0.300 e. The second kappa shape index (κ2) is 4.21. The summed E-state index contributed by atoms with van der Waals surface area (Å²) in [7, 11) is 0. The van der Waals surface area contributed by atoms with Crippen LogP contribution in [0.25, 0.3) is 0 Å². The molecule has 0 aromatic heterocycles. The van der Waals surface area contributed by atoms with Crippen molar-refractivity contribution in [2.45, 2.75) is 25.7 Å². The first kappa shape index (κ1) is 9.20. The second-order valence-electron chi connectivity index (χ2n) is 2.93. The van der Waals surface area contributed by atoms with E-state index in [-0.39, 0.29) is 0 Å². The van der Waals surface area contributed by atoms with E-state index < -0.39 is 0 Å². The summed E-state index contributed by atoms with van der Waals surface area (Å²) in [5.74, 6) is 0.973. The molecule has 0 amide bonds. The minimum absolute atomic E-state index is 0.416. The van der Waals surface area contributed by atoms with E-state index in [1.54, 1.807) is 11.8 Å². The maximum atomic E-state index is 10.9. The van der Waals surface area contributed by atoms with Gasteiger partial charge in [-0.2, -0.15) is 0 Å². The summed E-state index contributed by atoms with van der Waals surface area (Å²) in [5.41, 5.74) is 0. The van der Waals surface area contributed by atoms with Gasteiger partial charge in [0.2, 0.25) is 0 Å². The summed E-state index contributed by atoms with van der Waals surface area (Å²) in [6, 6.07) is 0. The van der Waals surface area contributed by atoms with Crippen molar-refractivity contribution in [1.29, 1.82) is 0 Å². The predicted molar refractivity (Wildman–Crippen MR) is 53.1 cm³/mol. The van der Waals surface area contributed by atoms with Crippen LogP contribution in [-0.4, -0.2) is 16.2 Å². The van der Waals surface area contributed by atoms with Crippen molar-refractivity contribution in [2.75, 3.05) is 6.26 Å². The van der Waals surface area contributed by atoms with Gasteiger partial charge in [0.25, 0.3) is 0 Å². The number of hydrogen-bond acceptors (Lipinski definition) is 3. The highest BCUT2D eigenvalue weighted by Gasteiger charge is 2.22. The van der Waals surface area contributed by atoms with E-state index in [2.05, 4.69) is 0 Å². The van der Waals surface area contributed by atoms with E-state index >= 15 is 0 Å². The Morgan fingerprint density at radius 3 is 3.00 bits per heavy atom. The Balaban J connectivity index is 2.28. The molecule has 0 aromatic carbocycles. The average Bonchev–Trinajstić information content (AvgIpc) is 2.35. The highest BCUT2D eigenvalue weighted by Crippen LogP contribution is 2.27. The van der Waals surface area contributed by atoms with Gasteiger partial charge in [-0.25, -0.2) is 0 Å². The van der Waals surface area contributed by atoms with Gasteiger partial charge in [0, 0.05) is 17.0 Å². The van der Waals surface area contributed by atoms with E-state index in [4.69, 9.17) is 12.2 Å². The van der Waals surface area contributed by atoms with Crippen molar-refractivity contribution in [3.63, 3.8) is 0 Å². The molecule has 0 saturated heterocycles. The lowest BCUT2D eigenvalue weighted by molar-refractivity contribution is -0.117. The smallest absolute Gasteiger partial charge is 0.133 e. The minimum Gasteiger partial charge on any atom is -0.300 e. The first-order chi connectivity index (χ1) is 5.22. The van der Waals surface area contributed by atoms with Gasteiger partial charge in [0.1, 0.15) is 5.78 Å². The molecule has 0 bridgehead atoms. The predicted octanol–water partition coefficient (Wildman–Crippen LogP) is 2.44. The second-order valence-corrected chi connectivity index (χ2v) is 4.58. The SMILES string of the molecule is CSC(=S)CC1CCC(=O)C1. The molecule has 62 valence electrons. The van der Waals surface area contributed by atoms with Crippen LogP contribution in [0.4, 0.5) is 0 Å². The molecule has 11 heavy (non-hydrogen) atoms. The fourth-order valence-electron chi connectivity index (χ4n) is 1.38. The van der Waals surface area contributed by atoms with Crippen LogP contribution in [0.1, 0.15) is 25.7 Å². The quantitative estimate of drug-likeness (QED) is 0.620. The molecule has 0 spiro atoms. The monoisotopic (exact) mass is 188 g/mol. The number of thiocarbonyl (C=S) groups is 1. The van der Waals surface area contributed by atoms with Crippen LogP contribution >= 0.6 is 24.0 Å². The van der Waals surface area contributed by atoms with Crippen LogP contribution in [0.5, 0.6) is 0 Å². The van der Waals surface area contributed by atoms with E-state index in [1.165, 1.54) is 0 Å². The Bertz CT molecular complexity index is 177. The third kappa shape index (κ3) is 2.91. The highest BCUT2D eigenvalue weighted by atomic mass is 32.2. The zero-order valence-electron chi connectivity index (χ0n) is 6.63. The van der Waals surface area contributed by atoms with Gasteiger partial charge in [-0.3, -0.25) is 4.79 Å². The Kier molecular flexibility index (Phi) is 3.52. The van der Waals surface area contributed by atoms with Gasteiger partial charge in [0.15, 0.2) is 0 Å². The topological polar surface area (TPSA) is 17.1 Å². The van der Waals surface area contributed by atoms with Gasteiger partial charge in [-0.05, 0) is 25.0 Å². The highest BCUT2D eigenvalue weighted by molar-refractivity contribution is 8.22. The fourth-order valence-corrected chi connectivity index (χ4v) is 2.02. The molecule has 1 unspecified atom stereocenters. The Morgan fingerprint density at radius 1 is 1.82 bits per heavy atom. The number of carbonyl (C=O) groups excluding carboxylic acids is 1. The summed E-state index contributed by atoms with van der Waals surface area (Å²) in [6.45, 7) is 0. The molecule has 1 rings (SSSR count). The Labute approximate surface area is 76.9 Å². The third-order valence-corrected chi connectivity index (χ3v) is 3.32. The molecule has 1 aliphatic carbocycles. The molecule has 1 nitrogen and oxygen atoms in total. The van der Waals surface area contributed by atoms with Crippen molar-refractivity contribution in [3.05, 3.63) is 0 Å². The molecule has 1 aliphatic rings. The van der Waals surface area contributed by atoms with Gasteiger partial charge in [0.05, 0.1) is 0 Å². The van der Waals surface area contributed by atoms with E-state index in [9.17, 15) is 4.79 Å². The summed E-state index contributed by atoms with van der Waals surface area (Å²) in [4.78, 5) is 10.9. The van der Waals surface area contributed by atoms with Gasteiger partial charge >= 0.3 is 0 Å². The van der Waals surface area contributed by atoms with Crippen LogP contribution in [0.15, 0.2) is 0 Å². The molecular formula is C8H12OS2. The number of carbonyl (C=O) groups is 1. The number of ketones is 1. The molecule has 1 atom stereocenters. The number of Topliss-reactive ketones (excluding diaryl/α,β-unsaturated/α-hetero) is 1. The van der Waals surface area contributed by atoms with Crippen molar-refractivity contribution in [3.8, 4) is 0 Å². The first-order valence-corrected chi connectivity index (χ1v) is 5.44. The Hall–Kier alpha value is 0.110. The lowest BCUT2D eigenvalue weighted by Gasteiger charge is -2.05. The summed E-state index contributed by atoms with van der Waals surface area (Å²) in [6.07, 6.45) is 5.56. The fraction of sp³-hybridized carbons (Fsp3) is 0.750. The van der Waals surface area contributed by atoms with Gasteiger partial charge in [-0.1, -0.05) is 12.2 Å². The van der Waals surface area contributed by atoms with Crippen LogP contribution in [-0.2, 0) is 4.79 Å². The minimum atomic E-state index is 0.416. The van der Waals surface area contributed by atoms with E-state index in [0.29, 0.717) is 11.7 Å². The number of rotatable bonds is 2. The van der Waals surface area contributed by atoms with Crippen LogP contribution in [0.3, 0.4) is 0 Å². The molecule has 1 saturated carbocycles. The zero-order valence-corrected chi connectivity index (χ0v) is 8.26. The lowest BCUT2D eigenvalue weighted by atomic mass is 10.1. The van der Waals surface area contributed by atoms with Crippen molar-refractivity contribution in [1.82, 2.24) is 0 Å². The van der Waals surface area contributed by atoms with Crippen molar-refractivity contribution < 1.29 is 4.79 Å². The normalized spacial score (nSPS) is 24.1. The first-order valence-electron chi connectivity index (χ1n) is 3.81. The number of hydrogen-bond donors (Lipinski definition) is 0. The van der Waals surface area contributed by atoms with Crippen molar-refractivity contribution >= 4 is 34.0 Å². The molecule has 0 aromatic rings. The van der Waals surface area contributed by atoms with Gasteiger partial charge in [-0.15, -0.1) is 11.8 Å². The molecule has 0 aliphatic heterocycles. The van der Waals surface area contributed by atoms with E-state index in [0.717, 1.165) is 29.9 Å². The average molecular weight is 188 g/mol.